The van der Waals surface area contributed by atoms with Crippen LogP contribution in [0, 0.1) is 0 Å². The molecule has 0 aromatic heterocycles. The lowest BCUT2D eigenvalue weighted by Gasteiger charge is -2.02. The van der Waals surface area contributed by atoms with Crippen molar-refractivity contribution in [2.24, 2.45) is 0 Å². The number of alkyl halides is 1. The molecule has 0 heterocycles. The van der Waals surface area contributed by atoms with E-state index in [1.165, 1.54) is 0 Å². The fourth-order valence-corrected chi connectivity index (χ4v) is 0.558. The van der Waals surface area contributed by atoms with Crippen LogP contribution in [-0.4, -0.2) is 28.8 Å². The molecule has 1 unspecified atom stereocenters. The number of rotatable bonds is 4. The summed E-state index contributed by atoms with van der Waals surface area (Å²) in [7, 11) is 0. The lowest BCUT2D eigenvalue weighted by molar-refractivity contribution is 0.170. The second-order valence-corrected chi connectivity index (χ2v) is 1.98. The summed E-state index contributed by atoms with van der Waals surface area (Å²) in [6.07, 6.45) is 0.789. The smallest absolute Gasteiger partial charge is 0.0676 e. The van der Waals surface area contributed by atoms with Gasteiger partial charge >= 0.3 is 0 Å². The molecule has 8 heavy (non-hydrogen) atoms. The van der Waals surface area contributed by atoms with Gasteiger partial charge in [0, 0.05) is 12.5 Å². The van der Waals surface area contributed by atoms with E-state index in [1.54, 1.807) is 0 Å². The van der Waals surface area contributed by atoms with Crippen molar-refractivity contribution in [3.05, 3.63) is 0 Å². The van der Waals surface area contributed by atoms with Gasteiger partial charge < -0.3 is 10.2 Å². The van der Waals surface area contributed by atoms with E-state index in [2.05, 4.69) is 0 Å². The molecule has 0 aromatic rings. The van der Waals surface area contributed by atoms with Gasteiger partial charge in [-0.15, -0.1) is 11.6 Å². The summed E-state index contributed by atoms with van der Waals surface area (Å²) in [5, 5.41) is 17.0. The fourth-order valence-electron chi connectivity index (χ4n) is 0.404. The van der Waals surface area contributed by atoms with Crippen LogP contribution in [0.1, 0.15) is 12.8 Å². The third kappa shape index (κ3) is 4.37. The molecule has 0 radical (unpaired) electrons. The van der Waals surface area contributed by atoms with E-state index >= 15 is 0 Å². The van der Waals surface area contributed by atoms with E-state index in [9.17, 15) is 0 Å². The first-order valence-corrected chi connectivity index (χ1v) is 3.19. The first-order chi connectivity index (χ1) is 3.81. The number of halogens is 1. The standard InChI is InChI=1S/C5H11ClO2/c6-4-5(8)2-1-3-7/h5,7-8H,1-4H2. The Morgan fingerprint density at radius 2 is 2.12 bits per heavy atom. The van der Waals surface area contributed by atoms with Crippen LogP contribution < -0.4 is 0 Å². The van der Waals surface area contributed by atoms with Gasteiger partial charge in [-0.1, -0.05) is 0 Å². The molecule has 0 spiro atoms. The maximum Gasteiger partial charge on any atom is 0.0676 e. The second-order valence-electron chi connectivity index (χ2n) is 1.67. The minimum absolute atomic E-state index is 0.133. The Hall–Kier alpha value is 0.210. The van der Waals surface area contributed by atoms with Gasteiger partial charge in [-0.25, -0.2) is 0 Å². The molecule has 3 heteroatoms. The van der Waals surface area contributed by atoms with Crippen LogP contribution in [0.4, 0.5) is 0 Å². The predicted octanol–water partition coefficient (Wildman–Crippen LogP) is 0.359. The van der Waals surface area contributed by atoms with Crippen molar-refractivity contribution in [1.82, 2.24) is 0 Å². The third-order valence-corrected chi connectivity index (χ3v) is 1.23. The third-order valence-electron chi connectivity index (χ3n) is 0.874. The Labute approximate surface area is 54.1 Å². The topological polar surface area (TPSA) is 40.5 Å². The maximum absolute atomic E-state index is 8.75. The van der Waals surface area contributed by atoms with Gasteiger partial charge in [0.15, 0.2) is 0 Å². The number of hydrogen-bond acceptors (Lipinski definition) is 2. The molecular weight excluding hydrogens is 128 g/mol. The first kappa shape index (κ1) is 8.21. The molecule has 0 fully saturated rings. The summed E-state index contributed by atoms with van der Waals surface area (Å²) in [6.45, 7) is 0.133. The molecule has 0 aliphatic rings. The molecule has 0 rings (SSSR count). The summed E-state index contributed by atoms with van der Waals surface area (Å²) in [4.78, 5) is 0. The minimum atomic E-state index is -0.441. The predicted molar refractivity (Wildman–Crippen MR) is 33.0 cm³/mol. The maximum atomic E-state index is 8.75. The van der Waals surface area contributed by atoms with Crippen LogP contribution in [0.2, 0.25) is 0 Å². The zero-order valence-electron chi connectivity index (χ0n) is 4.68. The number of aliphatic hydroxyl groups excluding tert-OH is 2. The van der Waals surface area contributed by atoms with Crippen molar-refractivity contribution in [1.29, 1.82) is 0 Å². The molecule has 0 aromatic carbocycles. The van der Waals surface area contributed by atoms with E-state index in [0.717, 1.165) is 0 Å². The van der Waals surface area contributed by atoms with Gasteiger partial charge in [0.25, 0.3) is 0 Å². The van der Waals surface area contributed by atoms with Crippen molar-refractivity contribution in [2.75, 3.05) is 12.5 Å². The van der Waals surface area contributed by atoms with Crippen LogP contribution in [0.5, 0.6) is 0 Å². The highest BCUT2D eigenvalue weighted by molar-refractivity contribution is 6.18. The van der Waals surface area contributed by atoms with Crippen LogP contribution in [0.15, 0.2) is 0 Å². The Morgan fingerprint density at radius 3 is 2.50 bits per heavy atom. The normalized spacial score (nSPS) is 13.9. The van der Waals surface area contributed by atoms with E-state index in [0.29, 0.717) is 12.8 Å². The van der Waals surface area contributed by atoms with Crippen LogP contribution in [0.3, 0.4) is 0 Å². The molecule has 0 aliphatic heterocycles. The van der Waals surface area contributed by atoms with E-state index in [4.69, 9.17) is 21.8 Å². The zero-order chi connectivity index (χ0) is 6.41. The van der Waals surface area contributed by atoms with Crippen molar-refractivity contribution in [3.8, 4) is 0 Å². The summed E-state index contributed by atoms with van der Waals surface area (Å²) in [5.41, 5.74) is 0. The molecule has 0 amide bonds. The van der Waals surface area contributed by atoms with Crippen LogP contribution >= 0.6 is 11.6 Å². The van der Waals surface area contributed by atoms with Gasteiger partial charge in [0.2, 0.25) is 0 Å². The monoisotopic (exact) mass is 138 g/mol. The molecule has 0 bridgehead atoms. The van der Waals surface area contributed by atoms with Crippen molar-refractivity contribution in [3.63, 3.8) is 0 Å². The quantitative estimate of drug-likeness (QED) is 0.551. The van der Waals surface area contributed by atoms with Crippen molar-refractivity contribution in [2.45, 2.75) is 18.9 Å². The highest BCUT2D eigenvalue weighted by Gasteiger charge is 1.98. The Bertz CT molecular complexity index is 49.7. The SMILES string of the molecule is OCCCC(O)CCl. The summed E-state index contributed by atoms with van der Waals surface area (Å²) >= 11 is 5.26. The number of aliphatic hydroxyl groups is 2. The molecule has 0 saturated carbocycles. The van der Waals surface area contributed by atoms with E-state index in [-0.39, 0.29) is 12.5 Å². The van der Waals surface area contributed by atoms with Gasteiger partial charge in [0.05, 0.1) is 6.10 Å². The van der Waals surface area contributed by atoms with Crippen LogP contribution in [0.25, 0.3) is 0 Å². The van der Waals surface area contributed by atoms with Gasteiger partial charge in [-0.3, -0.25) is 0 Å². The summed E-state index contributed by atoms with van der Waals surface area (Å²) in [5.74, 6) is 0.264. The highest BCUT2D eigenvalue weighted by atomic mass is 35.5. The highest BCUT2D eigenvalue weighted by Crippen LogP contribution is 1.96. The van der Waals surface area contributed by atoms with Gasteiger partial charge in [0.1, 0.15) is 0 Å². The summed E-state index contributed by atoms with van der Waals surface area (Å²) < 4.78 is 0. The molecule has 0 aliphatic carbocycles. The lowest BCUT2D eigenvalue weighted by Crippen LogP contribution is -2.08. The Kier molecular flexibility index (Phi) is 5.49. The zero-order valence-corrected chi connectivity index (χ0v) is 5.43. The molecular formula is C5H11ClO2. The minimum Gasteiger partial charge on any atom is -0.396 e. The summed E-state index contributed by atoms with van der Waals surface area (Å²) in [6, 6.07) is 0. The second kappa shape index (κ2) is 5.35. The molecule has 2 N–H and O–H groups in total. The fraction of sp³-hybridized carbons (Fsp3) is 1.00. The average Bonchev–Trinajstić information content (AvgIpc) is 1.83. The van der Waals surface area contributed by atoms with Crippen molar-refractivity contribution < 1.29 is 10.2 Å². The molecule has 50 valence electrons. The van der Waals surface area contributed by atoms with Crippen LogP contribution in [-0.2, 0) is 0 Å². The molecule has 0 saturated heterocycles. The van der Waals surface area contributed by atoms with Crippen molar-refractivity contribution >= 4 is 11.6 Å². The van der Waals surface area contributed by atoms with Gasteiger partial charge in [-0.05, 0) is 12.8 Å². The van der Waals surface area contributed by atoms with E-state index < -0.39 is 6.10 Å². The van der Waals surface area contributed by atoms with E-state index in [1.807, 2.05) is 0 Å². The largest absolute Gasteiger partial charge is 0.396 e. The Morgan fingerprint density at radius 1 is 1.50 bits per heavy atom. The first-order valence-electron chi connectivity index (χ1n) is 2.66. The molecule has 2 nitrogen and oxygen atoms in total. The van der Waals surface area contributed by atoms with Gasteiger partial charge in [-0.2, -0.15) is 0 Å². The average molecular weight is 139 g/mol. The lowest BCUT2D eigenvalue weighted by atomic mass is 10.2. The molecule has 1 atom stereocenters. The number of hydrogen-bond donors (Lipinski definition) is 2. The Balaban J connectivity index is 2.86.